The average Bonchev–Trinajstić information content (AvgIpc) is 3.01. The Bertz CT molecular complexity index is 1050. The van der Waals surface area contributed by atoms with Crippen molar-refractivity contribution in [1.82, 2.24) is 4.90 Å². The lowest BCUT2D eigenvalue weighted by Gasteiger charge is -2.51. The molecule has 0 spiro atoms. The number of carbonyl (C=O) groups excluding carboxylic acids is 6. The standard InChI is InChI=1S/C22H23NO12/c1-10(24)31-9-16-17(32-11(2)25)18(33-12(3)26)22(30,21(35-16)34-13(4)27)23-19(28)14-7-5-6-8-15(14)20(23)29/h5-8,16-18,21,30H,9H2,1-4H3/t16-,17-,18+,21?,22-/m1/s1. The van der Waals surface area contributed by atoms with Crippen LogP contribution in [0.5, 0.6) is 0 Å². The minimum absolute atomic E-state index is 0.0832. The zero-order chi connectivity index (χ0) is 26.1. The first-order chi connectivity index (χ1) is 16.4. The molecule has 0 bridgehead atoms. The van der Waals surface area contributed by atoms with Crippen LogP contribution in [0.3, 0.4) is 0 Å². The summed E-state index contributed by atoms with van der Waals surface area (Å²) in [5.74, 6) is -5.68. The largest absolute Gasteiger partial charge is 0.463 e. The molecule has 13 nitrogen and oxygen atoms in total. The van der Waals surface area contributed by atoms with Crippen LogP contribution in [0, 0.1) is 0 Å². The van der Waals surface area contributed by atoms with Gasteiger partial charge in [-0.25, -0.2) is 4.90 Å². The Labute approximate surface area is 198 Å². The van der Waals surface area contributed by atoms with E-state index in [1.807, 2.05) is 0 Å². The van der Waals surface area contributed by atoms with Crippen LogP contribution >= 0.6 is 0 Å². The van der Waals surface area contributed by atoms with Crippen LogP contribution in [0.15, 0.2) is 24.3 Å². The molecule has 2 heterocycles. The lowest BCUT2D eigenvalue weighted by Crippen LogP contribution is -2.76. The number of benzene rings is 1. The Kier molecular flexibility index (Phi) is 7.22. The predicted octanol–water partition coefficient (Wildman–Crippen LogP) is -0.314. The summed E-state index contributed by atoms with van der Waals surface area (Å²) < 4.78 is 26.1. The second-order valence-corrected chi connectivity index (χ2v) is 7.80. The number of imide groups is 1. The molecule has 1 aromatic rings. The zero-order valence-corrected chi connectivity index (χ0v) is 19.2. The number of hydrogen-bond acceptors (Lipinski definition) is 12. The summed E-state index contributed by atoms with van der Waals surface area (Å²) in [5, 5.41) is 11.9. The maximum atomic E-state index is 13.2. The number of amides is 2. The fourth-order valence-corrected chi connectivity index (χ4v) is 3.92. The summed E-state index contributed by atoms with van der Waals surface area (Å²) in [6, 6.07) is 5.63. The zero-order valence-electron chi connectivity index (χ0n) is 19.2. The minimum Gasteiger partial charge on any atom is -0.463 e. The first kappa shape index (κ1) is 25.8. The third-order valence-electron chi connectivity index (χ3n) is 5.20. The van der Waals surface area contributed by atoms with Gasteiger partial charge >= 0.3 is 23.9 Å². The Balaban J connectivity index is 2.19. The van der Waals surface area contributed by atoms with Gasteiger partial charge in [-0.2, -0.15) is 0 Å². The van der Waals surface area contributed by atoms with Gasteiger partial charge in [-0.05, 0) is 12.1 Å². The molecule has 188 valence electrons. The van der Waals surface area contributed by atoms with Gasteiger partial charge < -0.3 is 28.8 Å². The van der Waals surface area contributed by atoms with Gasteiger partial charge in [-0.1, -0.05) is 12.1 Å². The summed E-state index contributed by atoms with van der Waals surface area (Å²) in [7, 11) is 0. The molecule has 3 rings (SSSR count). The monoisotopic (exact) mass is 493 g/mol. The number of carbonyl (C=O) groups is 6. The lowest BCUT2D eigenvalue weighted by molar-refractivity contribution is -0.357. The Morgan fingerprint density at radius 3 is 1.86 bits per heavy atom. The summed E-state index contributed by atoms with van der Waals surface area (Å²) >= 11 is 0. The van der Waals surface area contributed by atoms with E-state index >= 15 is 0 Å². The number of ether oxygens (including phenoxy) is 5. The van der Waals surface area contributed by atoms with E-state index in [1.54, 1.807) is 0 Å². The van der Waals surface area contributed by atoms with Crippen molar-refractivity contribution < 1.29 is 57.6 Å². The molecule has 1 saturated heterocycles. The molecule has 5 atom stereocenters. The molecule has 2 amide bonds. The molecule has 2 aliphatic heterocycles. The molecule has 0 aliphatic carbocycles. The van der Waals surface area contributed by atoms with Crippen molar-refractivity contribution in [3.05, 3.63) is 35.4 Å². The van der Waals surface area contributed by atoms with Crippen LogP contribution in [0.4, 0.5) is 0 Å². The highest BCUT2D eigenvalue weighted by Gasteiger charge is 2.68. The third-order valence-corrected chi connectivity index (χ3v) is 5.20. The van der Waals surface area contributed by atoms with E-state index in [1.165, 1.54) is 24.3 Å². The van der Waals surface area contributed by atoms with Crippen molar-refractivity contribution in [3.8, 4) is 0 Å². The van der Waals surface area contributed by atoms with Crippen LogP contribution in [0.2, 0.25) is 0 Å². The molecule has 0 saturated carbocycles. The van der Waals surface area contributed by atoms with Crippen LogP contribution < -0.4 is 0 Å². The maximum absolute atomic E-state index is 13.2. The summed E-state index contributed by atoms with van der Waals surface area (Å²) in [6.07, 6.45) is -7.27. The number of hydrogen-bond donors (Lipinski definition) is 1. The number of rotatable bonds is 6. The van der Waals surface area contributed by atoms with Gasteiger partial charge in [0.15, 0.2) is 12.2 Å². The van der Waals surface area contributed by atoms with Gasteiger partial charge in [-0.3, -0.25) is 28.8 Å². The average molecular weight is 493 g/mol. The highest BCUT2D eigenvalue weighted by Crippen LogP contribution is 2.41. The molecule has 0 aromatic heterocycles. The van der Waals surface area contributed by atoms with Crippen molar-refractivity contribution >= 4 is 35.7 Å². The van der Waals surface area contributed by atoms with Crippen LogP contribution in [-0.2, 0) is 42.9 Å². The van der Waals surface area contributed by atoms with Crippen molar-refractivity contribution in [3.63, 3.8) is 0 Å². The molecule has 2 aliphatic rings. The number of aliphatic hydroxyl groups is 1. The number of nitrogens with zero attached hydrogens (tertiary/aromatic N) is 1. The summed E-state index contributed by atoms with van der Waals surface area (Å²) in [4.78, 5) is 74.0. The van der Waals surface area contributed by atoms with Crippen molar-refractivity contribution in [1.29, 1.82) is 0 Å². The van der Waals surface area contributed by atoms with E-state index < -0.39 is 72.6 Å². The molecule has 1 unspecified atom stereocenters. The topological polar surface area (TPSA) is 172 Å². The Morgan fingerprint density at radius 2 is 1.40 bits per heavy atom. The van der Waals surface area contributed by atoms with Gasteiger partial charge in [0.25, 0.3) is 23.8 Å². The fourth-order valence-electron chi connectivity index (χ4n) is 3.92. The quantitative estimate of drug-likeness (QED) is 0.312. The van der Waals surface area contributed by atoms with Crippen molar-refractivity contribution in [2.45, 2.75) is 58.0 Å². The van der Waals surface area contributed by atoms with E-state index in [9.17, 15) is 33.9 Å². The molecular weight excluding hydrogens is 470 g/mol. The van der Waals surface area contributed by atoms with E-state index in [0.29, 0.717) is 4.90 Å². The van der Waals surface area contributed by atoms with E-state index in [-0.39, 0.29) is 11.1 Å². The fraction of sp³-hybridized carbons (Fsp3) is 0.455. The molecular formula is C22H23NO12. The predicted molar refractivity (Wildman–Crippen MR) is 110 cm³/mol. The molecule has 1 N–H and O–H groups in total. The second-order valence-electron chi connectivity index (χ2n) is 7.80. The van der Waals surface area contributed by atoms with Crippen LogP contribution in [0.25, 0.3) is 0 Å². The van der Waals surface area contributed by atoms with E-state index in [0.717, 1.165) is 27.7 Å². The smallest absolute Gasteiger partial charge is 0.305 e. The minimum atomic E-state index is -2.99. The number of esters is 4. The lowest BCUT2D eigenvalue weighted by atomic mass is 9.91. The van der Waals surface area contributed by atoms with Gasteiger partial charge in [0.1, 0.15) is 12.7 Å². The molecule has 0 radical (unpaired) electrons. The van der Waals surface area contributed by atoms with Gasteiger partial charge in [-0.15, -0.1) is 0 Å². The molecule has 35 heavy (non-hydrogen) atoms. The number of fused-ring (bicyclic) bond motifs is 1. The van der Waals surface area contributed by atoms with Crippen LogP contribution in [-0.4, -0.2) is 82.6 Å². The normalized spacial score (nSPS) is 27.6. The summed E-state index contributed by atoms with van der Waals surface area (Å²) in [6.45, 7) is 3.44. The van der Waals surface area contributed by atoms with Crippen molar-refractivity contribution in [2.75, 3.05) is 6.61 Å². The Morgan fingerprint density at radius 1 is 0.886 bits per heavy atom. The molecule has 13 heteroatoms. The van der Waals surface area contributed by atoms with Gasteiger partial charge in [0.2, 0.25) is 0 Å². The van der Waals surface area contributed by atoms with Gasteiger partial charge in [0, 0.05) is 27.7 Å². The first-order valence-electron chi connectivity index (χ1n) is 10.4. The molecule has 1 fully saturated rings. The Hall–Kier alpha value is -3.84. The highest BCUT2D eigenvalue weighted by atomic mass is 16.7. The highest BCUT2D eigenvalue weighted by molar-refractivity contribution is 6.21. The maximum Gasteiger partial charge on any atom is 0.305 e. The first-order valence-corrected chi connectivity index (χ1v) is 10.4. The van der Waals surface area contributed by atoms with E-state index in [2.05, 4.69) is 0 Å². The summed E-state index contributed by atoms with van der Waals surface area (Å²) in [5.41, 5.74) is -3.16. The van der Waals surface area contributed by atoms with Crippen LogP contribution in [0.1, 0.15) is 48.4 Å². The second kappa shape index (κ2) is 9.80. The van der Waals surface area contributed by atoms with Crippen molar-refractivity contribution in [2.24, 2.45) is 0 Å². The SMILES string of the molecule is CC(=O)OC[C@H]1OC(OC(C)=O)[C@@](O)(N2C(=O)c3ccccc3C2=O)[C@@H](OC(C)=O)[C@@H]1OC(C)=O. The van der Waals surface area contributed by atoms with Gasteiger partial charge in [0.05, 0.1) is 11.1 Å². The third kappa shape index (κ3) is 4.86. The van der Waals surface area contributed by atoms with E-state index in [4.69, 9.17) is 23.7 Å². The molecule has 1 aromatic carbocycles.